The minimum Gasteiger partial charge on any atom is -0.497 e. The first-order valence-electron chi connectivity index (χ1n) is 13.2. The lowest BCUT2D eigenvalue weighted by Crippen LogP contribution is -2.54. The van der Waals surface area contributed by atoms with Crippen molar-refractivity contribution in [1.29, 1.82) is 0 Å². The number of carbonyl (C=O) groups is 2. The van der Waals surface area contributed by atoms with Crippen LogP contribution in [0.2, 0.25) is 0 Å². The van der Waals surface area contributed by atoms with Gasteiger partial charge in [0.15, 0.2) is 0 Å². The lowest BCUT2D eigenvalue weighted by atomic mass is 10.1. The van der Waals surface area contributed by atoms with Crippen molar-refractivity contribution in [1.82, 2.24) is 10.2 Å². The monoisotopic (exact) mass is 581 g/mol. The Kier molecular flexibility index (Phi) is 10.0. The van der Waals surface area contributed by atoms with Crippen LogP contribution in [0.3, 0.4) is 0 Å². The number of hydrogen-bond acceptors (Lipinski definition) is 6. The second kappa shape index (κ2) is 13.1. The molecule has 9 nitrogen and oxygen atoms in total. The number of aryl methyl sites for hydroxylation is 1. The van der Waals surface area contributed by atoms with E-state index in [1.807, 2.05) is 52.0 Å². The van der Waals surface area contributed by atoms with Crippen LogP contribution in [0.4, 0.5) is 5.69 Å². The molecule has 1 N–H and O–H groups in total. The van der Waals surface area contributed by atoms with Crippen LogP contribution in [0.1, 0.15) is 38.8 Å². The Bertz CT molecular complexity index is 1470. The zero-order valence-corrected chi connectivity index (χ0v) is 25.5. The molecule has 0 radical (unpaired) electrons. The van der Waals surface area contributed by atoms with Gasteiger partial charge in [-0.05, 0) is 70.0 Å². The summed E-state index contributed by atoms with van der Waals surface area (Å²) in [6.07, 6.45) is 0. The second-order valence-electron chi connectivity index (χ2n) is 10.7. The maximum atomic E-state index is 14.2. The van der Waals surface area contributed by atoms with Gasteiger partial charge < -0.3 is 19.7 Å². The highest BCUT2D eigenvalue weighted by Gasteiger charge is 2.34. The third-order valence-electron chi connectivity index (χ3n) is 6.53. The average Bonchev–Trinajstić information content (AvgIpc) is 2.94. The molecule has 10 heteroatoms. The fourth-order valence-corrected chi connectivity index (χ4v) is 5.69. The van der Waals surface area contributed by atoms with Gasteiger partial charge >= 0.3 is 0 Å². The molecule has 0 heterocycles. The number of sulfonamides is 1. The summed E-state index contributed by atoms with van der Waals surface area (Å²) in [7, 11) is -1.36. The van der Waals surface area contributed by atoms with Gasteiger partial charge in [0.1, 0.15) is 24.1 Å². The van der Waals surface area contributed by atoms with E-state index >= 15 is 0 Å². The Hall–Kier alpha value is -4.05. The Morgan fingerprint density at radius 1 is 0.927 bits per heavy atom. The number of amides is 2. The summed E-state index contributed by atoms with van der Waals surface area (Å²) in [5.74, 6) is -0.289. The van der Waals surface area contributed by atoms with Crippen molar-refractivity contribution in [3.05, 3.63) is 83.9 Å². The number of ether oxygens (including phenoxy) is 2. The standard InChI is InChI=1S/C31H39N3O6S/c1-22-13-11-12-14-24(22)20-33(23(2)30(36)32-31(3,4)5)29(35)21-34(41(37,38)26-15-9-8-10-16-26)27-19-25(39-6)17-18-28(27)40-7/h8-19,23H,20-21H2,1-7H3,(H,32,36)/t23-/m1/s1. The molecule has 3 aromatic rings. The number of benzene rings is 3. The van der Waals surface area contributed by atoms with E-state index in [4.69, 9.17) is 9.47 Å². The Morgan fingerprint density at radius 2 is 1.56 bits per heavy atom. The topological polar surface area (TPSA) is 105 Å². The van der Waals surface area contributed by atoms with Gasteiger partial charge in [0, 0.05) is 18.2 Å². The molecule has 220 valence electrons. The predicted octanol–water partition coefficient (Wildman–Crippen LogP) is 4.54. The quantitative estimate of drug-likeness (QED) is 0.357. The predicted molar refractivity (Wildman–Crippen MR) is 160 cm³/mol. The van der Waals surface area contributed by atoms with E-state index in [1.165, 1.54) is 37.3 Å². The van der Waals surface area contributed by atoms with Crippen LogP contribution < -0.4 is 19.1 Å². The van der Waals surface area contributed by atoms with E-state index in [0.29, 0.717) is 5.75 Å². The van der Waals surface area contributed by atoms with Crippen LogP contribution in [0.25, 0.3) is 0 Å². The first kappa shape index (κ1) is 31.5. The van der Waals surface area contributed by atoms with Crippen LogP contribution in [-0.2, 0) is 26.2 Å². The highest BCUT2D eigenvalue weighted by molar-refractivity contribution is 7.92. The maximum Gasteiger partial charge on any atom is 0.264 e. The maximum absolute atomic E-state index is 14.2. The fraction of sp³-hybridized carbons (Fsp3) is 0.355. The first-order chi connectivity index (χ1) is 19.3. The number of nitrogens with zero attached hydrogens (tertiary/aromatic N) is 2. The molecular formula is C31H39N3O6S. The van der Waals surface area contributed by atoms with Crippen molar-refractivity contribution in [3.8, 4) is 11.5 Å². The molecule has 0 aliphatic rings. The molecule has 0 aliphatic heterocycles. The number of methoxy groups -OCH3 is 2. The molecular weight excluding hydrogens is 542 g/mol. The van der Waals surface area contributed by atoms with Crippen LogP contribution in [-0.4, -0.2) is 57.5 Å². The van der Waals surface area contributed by atoms with Crippen molar-refractivity contribution in [3.63, 3.8) is 0 Å². The zero-order valence-electron chi connectivity index (χ0n) is 24.7. The van der Waals surface area contributed by atoms with Gasteiger partial charge in [-0.2, -0.15) is 0 Å². The van der Waals surface area contributed by atoms with Gasteiger partial charge in [0.2, 0.25) is 11.8 Å². The number of carbonyl (C=O) groups excluding carboxylic acids is 2. The number of anilines is 1. The van der Waals surface area contributed by atoms with Crippen molar-refractivity contribution in [2.24, 2.45) is 0 Å². The van der Waals surface area contributed by atoms with Gasteiger partial charge in [0.05, 0.1) is 24.8 Å². The first-order valence-corrected chi connectivity index (χ1v) is 14.7. The largest absolute Gasteiger partial charge is 0.497 e. The summed E-state index contributed by atoms with van der Waals surface area (Å²) in [4.78, 5) is 28.8. The summed E-state index contributed by atoms with van der Waals surface area (Å²) < 4.78 is 39.9. The molecule has 0 bridgehead atoms. The molecule has 3 aromatic carbocycles. The normalized spacial score (nSPS) is 12.3. The Labute approximate surface area is 243 Å². The molecule has 0 unspecified atom stereocenters. The lowest BCUT2D eigenvalue weighted by molar-refractivity contribution is -0.140. The van der Waals surface area contributed by atoms with E-state index in [2.05, 4.69) is 5.32 Å². The Morgan fingerprint density at radius 3 is 2.15 bits per heavy atom. The van der Waals surface area contributed by atoms with Crippen LogP contribution in [0.5, 0.6) is 11.5 Å². The molecule has 0 fully saturated rings. The van der Waals surface area contributed by atoms with E-state index in [1.54, 1.807) is 37.3 Å². The van der Waals surface area contributed by atoms with E-state index < -0.39 is 34.1 Å². The smallest absolute Gasteiger partial charge is 0.264 e. The molecule has 41 heavy (non-hydrogen) atoms. The van der Waals surface area contributed by atoms with Gasteiger partial charge in [0.25, 0.3) is 10.0 Å². The summed E-state index contributed by atoms with van der Waals surface area (Å²) >= 11 is 0. The van der Waals surface area contributed by atoms with Crippen molar-refractivity contribution < 1.29 is 27.5 Å². The van der Waals surface area contributed by atoms with Crippen molar-refractivity contribution >= 4 is 27.5 Å². The molecule has 3 rings (SSSR count). The van der Waals surface area contributed by atoms with E-state index in [0.717, 1.165) is 15.4 Å². The second-order valence-corrected chi connectivity index (χ2v) is 12.6. The summed E-state index contributed by atoms with van der Waals surface area (Å²) in [6, 6.07) is 19.2. The zero-order chi connectivity index (χ0) is 30.4. The lowest BCUT2D eigenvalue weighted by Gasteiger charge is -2.34. The number of nitrogens with one attached hydrogen (secondary N) is 1. The molecule has 1 atom stereocenters. The Balaban J connectivity index is 2.13. The van der Waals surface area contributed by atoms with Gasteiger partial charge in [-0.25, -0.2) is 8.42 Å². The summed E-state index contributed by atoms with van der Waals surface area (Å²) in [6.45, 7) is 8.65. The van der Waals surface area contributed by atoms with E-state index in [-0.39, 0.29) is 28.8 Å². The molecule has 0 aromatic heterocycles. The van der Waals surface area contributed by atoms with Crippen LogP contribution >= 0.6 is 0 Å². The third kappa shape index (κ3) is 7.79. The number of hydrogen-bond donors (Lipinski definition) is 1. The minimum atomic E-state index is -4.25. The van der Waals surface area contributed by atoms with Crippen LogP contribution in [0.15, 0.2) is 77.7 Å². The van der Waals surface area contributed by atoms with Crippen molar-refractivity contribution in [2.45, 2.75) is 57.6 Å². The number of rotatable bonds is 11. The molecule has 0 saturated carbocycles. The molecule has 0 saturated heterocycles. The van der Waals surface area contributed by atoms with Gasteiger partial charge in [-0.15, -0.1) is 0 Å². The van der Waals surface area contributed by atoms with Crippen molar-refractivity contribution in [2.75, 3.05) is 25.1 Å². The third-order valence-corrected chi connectivity index (χ3v) is 8.31. The van der Waals surface area contributed by atoms with E-state index in [9.17, 15) is 18.0 Å². The highest BCUT2D eigenvalue weighted by Crippen LogP contribution is 2.36. The molecule has 2 amide bonds. The van der Waals surface area contributed by atoms with Gasteiger partial charge in [-0.3, -0.25) is 13.9 Å². The summed E-state index contributed by atoms with van der Waals surface area (Å²) in [5.41, 5.74) is 1.38. The SMILES string of the molecule is COc1ccc(OC)c(N(CC(=O)N(Cc2ccccc2C)[C@H](C)C(=O)NC(C)(C)C)S(=O)(=O)c2ccccc2)c1. The molecule has 0 spiro atoms. The minimum absolute atomic E-state index is 0.00153. The molecule has 0 aliphatic carbocycles. The van der Waals surface area contributed by atoms with Crippen LogP contribution in [0, 0.1) is 6.92 Å². The van der Waals surface area contributed by atoms with Gasteiger partial charge in [-0.1, -0.05) is 42.5 Å². The highest BCUT2D eigenvalue weighted by atomic mass is 32.2. The fourth-order valence-electron chi connectivity index (χ4n) is 4.25. The average molecular weight is 582 g/mol. The summed E-state index contributed by atoms with van der Waals surface area (Å²) in [5, 5.41) is 2.93.